The van der Waals surface area contributed by atoms with Gasteiger partial charge < -0.3 is 0 Å². The van der Waals surface area contributed by atoms with Gasteiger partial charge in [-0.3, -0.25) is 14.0 Å². The molecule has 1 aliphatic rings. The summed E-state index contributed by atoms with van der Waals surface area (Å²) < 4.78 is 4.05. The number of hydrogen-bond donors (Lipinski definition) is 0. The van der Waals surface area contributed by atoms with Gasteiger partial charge in [0, 0.05) is 37.4 Å². The molecule has 7 heteroatoms. The van der Waals surface area contributed by atoms with Crippen LogP contribution in [0.15, 0.2) is 30.4 Å². The first-order chi connectivity index (χ1) is 10.4. The van der Waals surface area contributed by atoms with Crippen LogP contribution in [0.4, 0.5) is 0 Å². The predicted molar refractivity (Wildman–Crippen MR) is 81.1 cm³/mol. The molecule has 1 saturated heterocycles. The normalized spacial score (nSPS) is 20.3. The lowest BCUT2D eigenvalue weighted by molar-refractivity contribution is 0.152. The molecule has 1 aliphatic heterocycles. The summed E-state index contributed by atoms with van der Waals surface area (Å²) in [6.45, 7) is 4.20. The van der Waals surface area contributed by atoms with Gasteiger partial charge in [0.05, 0.1) is 5.69 Å². The molecule has 0 amide bonds. The number of nitrogens with zero attached hydrogens (tertiary/aromatic N) is 6. The van der Waals surface area contributed by atoms with Crippen LogP contribution in [-0.4, -0.2) is 42.1 Å². The van der Waals surface area contributed by atoms with Gasteiger partial charge in [-0.25, -0.2) is 9.97 Å². The van der Waals surface area contributed by atoms with Gasteiger partial charge in [0.1, 0.15) is 12.7 Å². The number of likely N-dealkylation sites (tertiary alicyclic amines) is 1. The molecule has 0 aliphatic carbocycles. The fourth-order valence-corrected chi connectivity index (χ4v) is 3.84. The zero-order valence-electron chi connectivity index (χ0n) is 11.8. The van der Waals surface area contributed by atoms with E-state index in [4.69, 9.17) is 0 Å². The molecule has 6 nitrogen and oxygen atoms in total. The van der Waals surface area contributed by atoms with Crippen LogP contribution in [0.25, 0.3) is 4.96 Å². The molecule has 3 aromatic heterocycles. The Morgan fingerprint density at radius 2 is 2.38 bits per heavy atom. The highest BCUT2D eigenvalue weighted by Gasteiger charge is 2.21. The van der Waals surface area contributed by atoms with Crippen LogP contribution in [0.2, 0.25) is 0 Å². The van der Waals surface area contributed by atoms with Crippen molar-refractivity contribution in [2.45, 2.75) is 25.9 Å². The molecule has 3 aromatic rings. The van der Waals surface area contributed by atoms with Crippen molar-refractivity contribution in [3.8, 4) is 0 Å². The number of fused-ring (bicyclic) bond motifs is 1. The molecule has 110 valence electrons. The molecule has 4 heterocycles. The summed E-state index contributed by atoms with van der Waals surface area (Å²) in [5, 5.41) is 6.28. The lowest BCUT2D eigenvalue weighted by atomic mass is 9.98. The molecule has 1 fully saturated rings. The molecule has 0 bridgehead atoms. The van der Waals surface area contributed by atoms with E-state index in [1.54, 1.807) is 17.7 Å². The fraction of sp³-hybridized carbons (Fsp3) is 0.500. The third-order valence-electron chi connectivity index (χ3n) is 4.04. The van der Waals surface area contributed by atoms with E-state index in [9.17, 15) is 0 Å². The van der Waals surface area contributed by atoms with Crippen LogP contribution in [0, 0.1) is 5.92 Å². The van der Waals surface area contributed by atoms with Gasteiger partial charge in [-0.05, 0) is 25.3 Å². The van der Waals surface area contributed by atoms with Gasteiger partial charge >= 0.3 is 0 Å². The zero-order chi connectivity index (χ0) is 14.1. The molecule has 0 N–H and O–H groups in total. The van der Waals surface area contributed by atoms with Crippen molar-refractivity contribution in [3.63, 3.8) is 0 Å². The second-order valence-corrected chi connectivity index (χ2v) is 6.56. The largest absolute Gasteiger partial charge is 0.297 e. The first-order valence-electron chi connectivity index (χ1n) is 7.33. The number of hydrogen-bond acceptors (Lipinski definition) is 5. The zero-order valence-corrected chi connectivity index (χ0v) is 12.6. The minimum atomic E-state index is 0.657. The summed E-state index contributed by atoms with van der Waals surface area (Å²) in [7, 11) is 0. The summed E-state index contributed by atoms with van der Waals surface area (Å²) in [5.74, 6) is 0.657. The number of thiazole rings is 1. The summed E-state index contributed by atoms with van der Waals surface area (Å²) in [4.78, 5) is 12.3. The minimum Gasteiger partial charge on any atom is -0.297 e. The van der Waals surface area contributed by atoms with Crippen LogP contribution >= 0.6 is 11.3 Å². The van der Waals surface area contributed by atoms with Crippen LogP contribution in [-0.2, 0) is 13.1 Å². The van der Waals surface area contributed by atoms with Crippen molar-refractivity contribution in [2.24, 2.45) is 5.92 Å². The molecule has 1 unspecified atom stereocenters. The Labute approximate surface area is 127 Å². The van der Waals surface area contributed by atoms with Crippen molar-refractivity contribution < 1.29 is 0 Å². The number of rotatable bonds is 4. The van der Waals surface area contributed by atoms with Crippen LogP contribution in [0.3, 0.4) is 0 Å². The maximum Gasteiger partial charge on any atom is 0.193 e. The summed E-state index contributed by atoms with van der Waals surface area (Å²) in [6.07, 6.45) is 10.2. The molecule has 21 heavy (non-hydrogen) atoms. The third-order valence-corrected chi connectivity index (χ3v) is 4.81. The first kappa shape index (κ1) is 13.0. The highest BCUT2D eigenvalue weighted by atomic mass is 32.1. The Hall–Kier alpha value is -1.73. The minimum absolute atomic E-state index is 0.657. The van der Waals surface area contributed by atoms with Gasteiger partial charge in [0.25, 0.3) is 0 Å². The van der Waals surface area contributed by atoms with E-state index in [-0.39, 0.29) is 0 Å². The lowest BCUT2D eigenvalue weighted by Crippen LogP contribution is -2.36. The van der Waals surface area contributed by atoms with Crippen molar-refractivity contribution >= 4 is 16.3 Å². The molecule has 4 rings (SSSR count). The van der Waals surface area contributed by atoms with Gasteiger partial charge in [-0.15, -0.1) is 11.3 Å². The fourth-order valence-electron chi connectivity index (χ4n) is 3.12. The average molecular weight is 302 g/mol. The van der Waals surface area contributed by atoms with Crippen LogP contribution < -0.4 is 0 Å². The molecule has 0 aromatic carbocycles. The number of aromatic nitrogens is 5. The first-order valence-corrected chi connectivity index (χ1v) is 8.20. The lowest BCUT2D eigenvalue weighted by Gasteiger charge is -2.32. The van der Waals surface area contributed by atoms with E-state index >= 15 is 0 Å². The van der Waals surface area contributed by atoms with Crippen LogP contribution in [0.1, 0.15) is 18.5 Å². The highest BCUT2D eigenvalue weighted by Crippen LogP contribution is 2.20. The molecular formula is C14H18N6S. The molecular weight excluding hydrogens is 284 g/mol. The Morgan fingerprint density at radius 1 is 1.38 bits per heavy atom. The van der Waals surface area contributed by atoms with E-state index in [1.807, 2.05) is 11.0 Å². The molecule has 0 radical (unpaired) electrons. The Bertz CT molecular complexity index is 672. The van der Waals surface area contributed by atoms with Crippen molar-refractivity contribution in [1.29, 1.82) is 0 Å². The van der Waals surface area contributed by atoms with E-state index in [2.05, 4.69) is 42.1 Å². The van der Waals surface area contributed by atoms with Crippen LogP contribution in [0.5, 0.6) is 0 Å². The summed E-state index contributed by atoms with van der Waals surface area (Å²) in [5.41, 5.74) is 1.17. The Morgan fingerprint density at radius 3 is 3.24 bits per heavy atom. The average Bonchev–Trinajstić information content (AvgIpc) is 3.16. The second-order valence-electron chi connectivity index (χ2n) is 5.69. The van der Waals surface area contributed by atoms with E-state index in [0.29, 0.717) is 5.92 Å². The van der Waals surface area contributed by atoms with E-state index in [1.165, 1.54) is 25.1 Å². The van der Waals surface area contributed by atoms with Crippen molar-refractivity contribution in [3.05, 3.63) is 36.1 Å². The van der Waals surface area contributed by atoms with Gasteiger partial charge in [-0.2, -0.15) is 5.10 Å². The monoisotopic (exact) mass is 302 g/mol. The van der Waals surface area contributed by atoms with Crippen molar-refractivity contribution in [2.75, 3.05) is 13.1 Å². The third kappa shape index (κ3) is 2.84. The summed E-state index contributed by atoms with van der Waals surface area (Å²) in [6, 6.07) is 0. The van der Waals surface area contributed by atoms with Gasteiger partial charge in [0.15, 0.2) is 4.96 Å². The number of imidazole rings is 1. The van der Waals surface area contributed by atoms with Gasteiger partial charge in [0.2, 0.25) is 0 Å². The predicted octanol–water partition coefficient (Wildman–Crippen LogP) is 1.90. The number of piperidine rings is 1. The smallest absolute Gasteiger partial charge is 0.193 e. The molecule has 0 saturated carbocycles. The SMILES string of the molecule is c1ncn(CC2CCCN(Cc3cn4ccsc4n3)C2)n1. The van der Waals surface area contributed by atoms with E-state index < -0.39 is 0 Å². The quantitative estimate of drug-likeness (QED) is 0.738. The maximum absolute atomic E-state index is 4.68. The van der Waals surface area contributed by atoms with Gasteiger partial charge in [-0.1, -0.05) is 0 Å². The highest BCUT2D eigenvalue weighted by molar-refractivity contribution is 7.15. The maximum atomic E-state index is 4.68. The standard InChI is InChI=1S/C14H18N6S/c1-2-12(7-20-11-15-10-16-20)6-18(3-1)8-13-9-19-4-5-21-14(19)17-13/h4-5,9-12H,1-3,6-8H2. The summed E-state index contributed by atoms with van der Waals surface area (Å²) >= 11 is 1.69. The van der Waals surface area contributed by atoms with Crippen molar-refractivity contribution in [1.82, 2.24) is 29.0 Å². The molecule has 0 spiro atoms. The van der Waals surface area contributed by atoms with E-state index in [0.717, 1.165) is 24.6 Å². The molecule has 1 atom stereocenters. The topological polar surface area (TPSA) is 51.2 Å². The Kier molecular flexibility index (Phi) is 3.44. The second kappa shape index (κ2) is 5.57. The Balaban J connectivity index is 1.39.